The van der Waals surface area contributed by atoms with Gasteiger partial charge in [-0.2, -0.15) is 10.5 Å². The normalized spacial score (nSPS) is 10.1. The largest absolute Gasteiger partial charge is 0.455 e. The van der Waals surface area contributed by atoms with Gasteiger partial charge in [-0.3, -0.25) is 4.79 Å². The summed E-state index contributed by atoms with van der Waals surface area (Å²) in [5.41, 5.74) is 2.59. The maximum Gasteiger partial charge on any atom is 0.228 e. The molecule has 0 atom stereocenters. The fourth-order valence-electron chi connectivity index (χ4n) is 2.97. The highest BCUT2D eigenvalue weighted by Gasteiger charge is 2.14. The number of nitrogens with one attached hydrogen (secondary N) is 1. The number of amides is 1. The third kappa shape index (κ3) is 5.35. The Labute approximate surface area is 190 Å². The molecule has 3 aromatic rings. The van der Waals surface area contributed by atoms with Gasteiger partial charge in [0.15, 0.2) is 0 Å². The van der Waals surface area contributed by atoms with Gasteiger partial charge in [0.1, 0.15) is 22.6 Å². The molecule has 3 aromatic carbocycles. The number of benzene rings is 3. The third-order valence-corrected chi connectivity index (χ3v) is 5.25. The minimum absolute atomic E-state index is 0.112. The van der Waals surface area contributed by atoms with Crippen LogP contribution in [0.2, 0.25) is 10.0 Å². The number of aryl methyl sites for hydroxylation is 1. The molecule has 0 heterocycles. The van der Waals surface area contributed by atoms with E-state index in [1.807, 2.05) is 31.2 Å². The molecule has 1 N–H and O–H groups in total. The predicted molar refractivity (Wildman–Crippen MR) is 121 cm³/mol. The van der Waals surface area contributed by atoms with Crippen LogP contribution in [0.3, 0.4) is 0 Å². The minimum atomic E-state index is -0.223. The maximum absolute atomic E-state index is 12.5. The summed E-state index contributed by atoms with van der Waals surface area (Å²) >= 11 is 12.4. The van der Waals surface area contributed by atoms with Crippen LogP contribution in [0.1, 0.15) is 29.2 Å². The number of halogens is 2. The van der Waals surface area contributed by atoms with Crippen LogP contribution in [0.4, 0.5) is 5.69 Å². The molecule has 31 heavy (non-hydrogen) atoms. The van der Waals surface area contributed by atoms with Crippen molar-refractivity contribution in [3.8, 4) is 23.6 Å². The van der Waals surface area contributed by atoms with E-state index in [2.05, 4.69) is 5.32 Å². The van der Waals surface area contributed by atoms with Crippen LogP contribution in [0, 0.1) is 22.7 Å². The van der Waals surface area contributed by atoms with Crippen molar-refractivity contribution in [2.75, 3.05) is 5.32 Å². The molecule has 0 spiro atoms. The van der Waals surface area contributed by atoms with Crippen LogP contribution < -0.4 is 10.1 Å². The Hall–Kier alpha value is -3.51. The zero-order chi connectivity index (χ0) is 22.4. The topological polar surface area (TPSA) is 85.9 Å². The van der Waals surface area contributed by atoms with Crippen molar-refractivity contribution in [1.29, 1.82) is 10.5 Å². The van der Waals surface area contributed by atoms with Crippen molar-refractivity contribution in [3.05, 3.63) is 86.9 Å². The number of nitrogens with zero attached hydrogens (tertiary/aromatic N) is 2. The fourth-order valence-corrected chi connectivity index (χ4v) is 3.35. The fraction of sp³-hybridized carbons (Fsp3) is 0.125. The van der Waals surface area contributed by atoms with E-state index in [0.717, 1.165) is 11.1 Å². The van der Waals surface area contributed by atoms with Crippen LogP contribution in [0.25, 0.3) is 0 Å². The van der Waals surface area contributed by atoms with E-state index in [9.17, 15) is 15.3 Å². The zero-order valence-electron chi connectivity index (χ0n) is 16.6. The first-order valence-electron chi connectivity index (χ1n) is 9.43. The van der Waals surface area contributed by atoms with Gasteiger partial charge in [-0.05, 0) is 41.8 Å². The highest BCUT2D eigenvalue weighted by molar-refractivity contribution is 6.33. The lowest BCUT2D eigenvalue weighted by Crippen LogP contribution is -2.14. The summed E-state index contributed by atoms with van der Waals surface area (Å²) in [6, 6.07) is 19.3. The van der Waals surface area contributed by atoms with Gasteiger partial charge in [0.2, 0.25) is 5.91 Å². The number of hydrogen-bond donors (Lipinski definition) is 1. The van der Waals surface area contributed by atoms with E-state index < -0.39 is 0 Å². The lowest BCUT2D eigenvalue weighted by atomic mass is 10.1. The molecular formula is C24H17Cl2N3O2. The summed E-state index contributed by atoms with van der Waals surface area (Å²) < 4.78 is 5.99. The molecule has 0 aromatic heterocycles. The number of rotatable bonds is 6. The first kappa shape index (κ1) is 22.2. The van der Waals surface area contributed by atoms with E-state index in [0.29, 0.717) is 22.9 Å². The lowest BCUT2D eigenvalue weighted by Gasteiger charge is -2.14. The third-order valence-electron chi connectivity index (χ3n) is 4.53. The van der Waals surface area contributed by atoms with Gasteiger partial charge in [0.05, 0.1) is 34.3 Å². The second kappa shape index (κ2) is 10.00. The van der Waals surface area contributed by atoms with Gasteiger partial charge in [-0.1, -0.05) is 54.4 Å². The maximum atomic E-state index is 12.5. The van der Waals surface area contributed by atoms with Crippen molar-refractivity contribution in [2.24, 2.45) is 0 Å². The van der Waals surface area contributed by atoms with Crippen LogP contribution in [-0.4, -0.2) is 5.91 Å². The van der Waals surface area contributed by atoms with Crippen molar-refractivity contribution in [2.45, 2.75) is 19.8 Å². The molecule has 0 fully saturated rings. The number of ether oxygens (including phenoxy) is 1. The Kier molecular flexibility index (Phi) is 7.15. The van der Waals surface area contributed by atoms with Gasteiger partial charge in [-0.25, -0.2) is 0 Å². The van der Waals surface area contributed by atoms with Crippen LogP contribution in [-0.2, 0) is 17.6 Å². The number of carbonyl (C=O) groups is 1. The monoisotopic (exact) mass is 449 g/mol. The van der Waals surface area contributed by atoms with Crippen LogP contribution >= 0.6 is 23.2 Å². The molecule has 7 heteroatoms. The molecule has 3 rings (SSSR count). The van der Waals surface area contributed by atoms with E-state index in [1.165, 1.54) is 12.1 Å². The minimum Gasteiger partial charge on any atom is -0.455 e. The summed E-state index contributed by atoms with van der Waals surface area (Å²) in [6.07, 6.45) is 0.795. The summed E-state index contributed by atoms with van der Waals surface area (Å²) in [5, 5.41) is 21.9. The SMILES string of the molecule is CCc1ccc(CC(=O)Nc2ccccc2Cl)cc1Oc1cc(C#N)cc(C#N)c1Cl. The molecule has 5 nitrogen and oxygen atoms in total. The van der Waals surface area contributed by atoms with Crippen molar-refractivity contribution >= 4 is 34.8 Å². The zero-order valence-corrected chi connectivity index (χ0v) is 18.1. The second-order valence-corrected chi connectivity index (χ2v) is 7.45. The highest BCUT2D eigenvalue weighted by Crippen LogP contribution is 2.35. The van der Waals surface area contributed by atoms with E-state index >= 15 is 0 Å². The summed E-state index contributed by atoms with van der Waals surface area (Å²) in [5.74, 6) is 0.496. The van der Waals surface area contributed by atoms with Gasteiger partial charge in [0.25, 0.3) is 0 Å². The molecule has 1 amide bonds. The van der Waals surface area contributed by atoms with E-state index in [1.54, 1.807) is 30.3 Å². The quantitative estimate of drug-likeness (QED) is 0.479. The first-order chi connectivity index (χ1) is 14.9. The predicted octanol–water partition coefficient (Wildman–Crippen LogP) is 6.27. The average molecular weight is 450 g/mol. The van der Waals surface area contributed by atoms with E-state index in [4.69, 9.17) is 27.9 Å². The molecule has 0 unspecified atom stereocenters. The molecule has 0 saturated carbocycles. The van der Waals surface area contributed by atoms with Crippen molar-refractivity contribution in [3.63, 3.8) is 0 Å². The Morgan fingerprint density at radius 3 is 2.48 bits per heavy atom. The van der Waals surface area contributed by atoms with Gasteiger partial charge in [-0.15, -0.1) is 0 Å². The number of carbonyl (C=O) groups excluding carboxylic acids is 1. The number of anilines is 1. The summed E-state index contributed by atoms with van der Waals surface area (Å²) in [7, 11) is 0. The van der Waals surface area contributed by atoms with Crippen LogP contribution in [0.5, 0.6) is 11.5 Å². The van der Waals surface area contributed by atoms with E-state index in [-0.39, 0.29) is 34.2 Å². The molecule has 0 saturated heterocycles. The van der Waals surface area contributed by atoms with Crippen molar-refractivity contribution < 1.29 is 9.53 Å². The summed E-state index contributed by atoms with van der Waals surface area (Å²) in [4.78, 5) is 12.5. The molecule has 0 aliphatic rings. The lowest BCUT2D eigenvalue weighted by molar-refractivity contribution is -0.115. The standard InChI is InChI=1S/C24H17Cl2N3O2/c1-2-17-8-7-15(12-23(30)29-20-6-4-3-5-19(20)25)10-21(17)31-22-11-16(13-27)9-18(14-28)24(22)26/h3-11H,2,12H2,1H3,(H,29,30). The Balaban J connectivity index is 1.87. The highest BCUT2D eigenvalue weighted by atomic mass is 35.5. The van der Waals surface area contributed by atoms with Gasteiger partial charge < -0.3 is 10.1 Å². The van der Waals surface area contributed by atoms with Crippen LogP contribution in [0.15, 0.2) is 54.6 Å². The Bertz CT molecular complexity index is 1230. The Morgan fingerprint density at radius 1 is 1.03 bits per heavy atom. The number of nitriles is 2. The number of para-hydroxylation sites is 1. The summed E-state index contributed by atoms with van der Waals surface area (Å²) in [6.45, 7) is 1.97. The average Bonchev–Trinajstić information content (AvgIpc) is 2.77. The Morgan fingerprint density at radius 2 is 1.81 bits per heavy atom. The number of hydrogen-bond acceptors (Lipinski definition) is 4. The molecule has 154 valence electrons. The van der Waals surface area contributed by atoms with Crippen molar-refractivity contribution in [1.82, 2.24) is 0 Å². The van der Waals surface area contributed by atoms with Gasteiger partial charge >= 0.3 is 0 Å². The second-order valence-electron chi connectivity index (χ2n) is 6.66. The smallest absolute Gasteiger partial charge is 0.228 e. The molecule has 0 radical (unpaired) electrons. The van der Waals surface area contributed by atoms with Gasteiger partial charge in [0, 0.05) is 6.07 Å². The molecule has 0 aliphatic heterocycles. The first-order valence-corrected chi connectivity index (χ1v) is 10.2. The molecule has 0 aliphatic carbocycles. The molecular weight excluding hydrogens is 433 g/mol. The molecule has 0 bridgehead atoms.